The number of amides is 1. The molecule has 0 fully saturated rings. The summed E-state index contributed by atoms with van der Waals surface area (Å²) >= 11 is 0. The second kappa shape index (κ2) is 4.39. The van der Waals surface area contributed by atoms with E-state index >= 15 is 0 Å². The number of aromatic nitrogens is 2. The maximum atomic E-state index is 10.5. The summed E-state index contributed by atoms with van der Waals surface area (Å²) in [5.41, 5.74) is 5.51. The molecule has 5 heteroatoms. The Balaban J connectivity index is 2.64. The predicted octanol–water partition coefficient (Wildman–Crippen LogP) is -0.0870. The Bertz CT molecular complexity index is 284. The molecule has 1 heterocycles. The minimum Gasteiger partial charge on any atom is -0.464 e. The van der Waals surface area contributed by atoms with Gasteiger partial charge in [-0.05, 0) is 6.92 Å². The standard InChI is InChI=1S/C8H10N3O2/c1-2-13-8-10-4-6(5-11-8)3-7(9)12/h3-5H,2H2,1H3,(H2,9,12). The van der Waals surface area contributed by atoms with E-state index in [1.807, 2.05) is 6.92 Å². The summed E-state index contributed by atoms with van der Waals surface area (Å²) in [6, 6.07) is 0.295. The number of hydrogen-bond acceptors (Lipinski definition) is 4. The van der Waals surface area contributed by atoms with Gasteiger partial charge in [-0.3, -0.25) is 4.79 Å². The molecule has 0 aliphatic heterocycles. The Morgan fingerprint density at radius 1 is 1.62 bits per heavy atom. The quantitative estimate of drug-likeness (QED) is 0.702. The molecule has 1 aromatic rings. The molecule has 0 aliphatic rings. The number of carbonyl (C=O) groups is 1. The Morgan fingerprint density at radius 3 is 2.69 bits per heavy atom. The molecule has 5 nitrogen and oxygen atoms in total. The molecule has 0 aromatic carbocycles. The largest absolute Gasteiger partial charge is 0.464 e. The van der Waals surface area contributed by atoms with Gasteiger partial charge in [0.25, 0.3) is 0 Å². The third-order valence-corrected chi connectivity index (χ3v) is 1.23. The number of nitrogens with two attached hydrogens (primary N) is 1. The lowest BCUT2D eigenvalue weighted by atomic mass is 10.2. The molecule has 1 radical (unpaired) electrons. The highest BCUT2D eigenvalue weighted by molar-refractivity contribution is 5.86. The first-order valence-corrected chi connectivity index (χ1v) is 3.81. The van der Waals surface area contributed by atoms with Gasteiger partial charge < -0.3 is 10.5 Å². The van der Waals surface area contributed by atoms with Crippen LogP contribution in [0.15, 0.2) is 12.4 Å². The third-order valence-electron chi connectivity index (χ3n) is 1.23. The third kappa shape index (κ3) is 3.06. The summed E-state index contributed by atoms with van der Waals surface area (Å²) in [4.78, 5) is 18.2. The van der Waals surface area contributed by atoms with Crippen LogP contribution in [-0.2, 0) is 4.79 Å². The minimum absolute atomic E-state index is 0.295. The first-order valence-electron chi connectivity index (χ1n) is 3.81. The molecule has 1 rings (SSSR count). The van der Waals surface area contributed by atoms with Gasteiger partial charge >= 0.3 is 6.01 Å². The van der Waals surface area contributed by atoms with Gasteiger partial charge in [-0.25, -0.2) is 9.97 Å². The van der Waals surface area contributed by atoms with Crippen molar-refractivity contribution in [3.8, 4) is 6.01 Å². The zero-order valence-corrected chi connectivity index (χ0v) is 7.23. The number of primary amides is 1. The SMILES string of the molecule is CCOc1ncc([CH]C(N)=O)cn1. The van der Waals surface area contributed by atoms with Crippen molar-refractivity contribution >= 4 is 5.91 Å². The van der Waals surface area contributed by atoms with E-state index in [0.29, 0.717) is 18.2 Å². The van der Waals surface area contributed by atoms with E-state index in [1.165, 1.54) is 18.8 Å². The first kappa shape index (κ1) is 9.44. The summed E-state index contributed by atoms with van der Waals surface area (Å²) in [6.07, 6.45) is 4.20. The van der Waals surface area contributed by atoms with Crippen LogP contribution in [0.1, 0.15) is 12.5 Å². The summed E-state index contributed by atoms with van der Waals surface area (Å²) in [6.45, 7) is 2.35. The van der Waals surface area contributed by atoms with Gasteiger partial charge in [0.05, 0.1) is 13.0 Å². The summed E-state index contributed by atoms with van der Waals surface area (Å²) in [5, 5.41) is 0. The Kier molecular flexibility index (Phi) is 3.19. The van der Waals surface area contributed by atoms with Crippen LogP contribution < -0.4 is 10.5 Å². The highest BCUT2D eigenvalue weighted by Crippen LogP contribution is 2.03. The normalized spacial score (nSPS) is 9.62. The topological polar surface area (TPSA) is 78.1 Å². The van der Waals surface area contributed by atoms with Crippen molar-refractivity contribution in [2.24, 2.45) is 5.73 Å². The lowest BCUT2D eigenvalue weighted by Crippen LogP contribution is -2.11. The van der Waals surface area contributed by atoms with E-state index in [9.17, 15) is 4.79 Å². The van der Waals surface area contributed by atoms with Crippen molar-refractivity contribution in [1.29, 1.82) is 0 Å². The van der Waals surface area contributed by atoms with Gasteiger partial charge in [-0.1, -0.05) is 0 Å². The number of rotatable bonds is 4. The van der Waals surface area contributed by atoms with E-state index in [0.717, 1.165) is 0 Å². The summed E-state index contributed by atoms with van der Waals surface area (Å²) in [7, 11) is 0. The molecule has 1 amide bonds. The van der Waals surface area contributed by atoms with Gasteiger partial charge in [0.2, 0.25) is 5.91 Å². The molecule has 0 aliphatic carbocycles. The lowest BCUT2D eigenvalue weighted by Gasteiger charge is -2.00. The van der Waals surface area contributed by atoms with Crippen molar-refractivity contribution in [2.75, 3.05) is 6.61 Å². The molecule has 0 atom stereocenters. The number of nitrogens with zero attached hydrogens (tertiary/aromatic N) is 2. The fourth-order valence-electron chi connectivity index (χ4n) is 0.769. The number of ether oxygens (including phenoxy) is 1. The van der Waals surface area contributed by atoms with E-state index in [2.05, 4.69) is 9.97 Å². The fourth-order valence-corrected chi connectivity index (χ4v) is 0.769. The van der Waals surface area contributed by atoms with Crippen LogP contribution in [0.4, 0.5) is 0 Å². The predicted molar refractivity (Wildman–Crippen MR) is 45.8 cm³/mol. The maximum absolute atomic E-state index is 10.5. The molecule has 13 heavy (non-hydrogen) atoms. The van der Waals surface area contributed by atoms with E-state index in [-0.39, 0.29) is 0 Å². The molecule has 0 saturated heterocycles. The van der Waals surface area contributed by atoms with Crippen molar-refractivity contribution < 1.29 is 9.53 Å². The average molecular weight is 180 g/mol. The molecule has 0 saturated carbocycles. The molecule has 0 unspecified atom stereocenters. The zero-order chi connectivity index (χ0) is 9.68. The second-order valence-electron chi connectivity index (χ2n) is 2.28. The number of hydrogen-bond donors (Lipinski definition) is 1. The fraction of sp³-hybridized carbons (Fsp3) is 0.250. The smallest absolute Gasteiger partial charge is 0.316 e. The van der Waals surface area contributed by atoms with Gasteiger partial charge in [0.1, 0.15) is 0 Å². The first-order chi connectivity index (χ1) is 6.22. The van der Waals surface area contributed by atoms with Crippen molar-refractivity contribution in [1.82, 2.24) is 9.97 Å². The van der Waals surface area contributed by atoms with Crippen LogP contribution >= 0.6 is 0 Å². The highest BCUT2D eigenvalue weighted by Gasteiger charge is 2.01. The van der Waals surface area contributed by atoms with Gasteiger partial charge in [-0.2, -0.15) is 0 Å². The Labute approximate surface area is 75.9 Å². The summed E-state index contributed by atoms with van der Waals surface area (Å²) in [5.74, 6) is -0.521. The Hall–Kier alpha value is -1.65. The summed E-state index contributed by atoms with van der Waals surface area (Å²) < 4.78 is 5.01. The zero-order valence-electron chi connectivity index (χ0n) is 7.23. The maximum Gasteiger partial charge on any atom is 0.316 e. The molecule has 1 aromatic heterocycles. The van der Waals surface area contributed by atoms with Crippen molar-refractivity contribution in [2.45, 2.75) is 6.92 Å². The second-order valence-corrected chi connectivity index (χ2v) is 2.28. The van der Waals surface area contributed by atoms with Gasteiger partial charge in [0, 0.05) is 18.0 Å². The van der Waals surface area contributed by atoms with Gasteiger partial charge in [-0.15, -0.1) is 0 Å². The van der Waals surface area contributed by atoms with E-state index < -0.39 is 5.91 Å². The average Bonchev–Trinajstić information content (AvgIpc) is 2.08. The molecule has 0 bridgehead atoms. The molecule has 0 spiro atoms. The van der Waals surface area contributed by atoms with Crippen LogP contribution in [0.2, 0.25) is 0 Å². The monoisotopic (exact) mass is 180 g/mol. The van der Waals surface area contributed by atoms with Crippen LogP contribution in [-0.4, -0.2) is 22.5 Å². The molecular formula is C8H10N3O2. The van der Waals surface area contributed by atoms with Crippen LogP contribution in [0, 0.1) is 6.42 Å². The Morgan fingerprint density at radius 2 is 2.23 bits per heavy atom. The van der Waals surface area contributed by atoms with Crippen molar-refractivity contribution in [3.63, 3.8) is 0 Å². The van der Waals surface area contributed by atoms with Crippen LogP contribution in [0.25, 0.3) is 0 Å². The molecule has 69 valence electrons. The molecular weight excluding hydrogens is 170 g/mol. The van der Waals surface area contributed by atoms with E-state index in [1.54, 1.807) is 0 Å². The lowest BCUT2D eigenvalue weighted by molar-refractivity contribution is -0.114. The van der Waals surface area contributed by atoms with Crippen LogP contribution in [0.3, 0.4) is 0 Å². The van der Waals surface area contributed by atoms with Crippen molar-refractivity contribution in [3.05, 3.63) is 24.4 Å². The molecule has 2 N–H and O–H groups in total. The minimum atomic E-state index is -0.521. The highest BCUT2D eigenvalue weighted by atomic mass is 16.5. The number of carbonyl (C=O) groups excluding carboxylic acids is 1. The van der Waals surface area contributed by atoms with Crippen LogP contribution in [0.5, 0.6) is 6.01 Å². The van der Waals surface area contributed by atoms with E-state index in [4.69, 9.17) is 10.5 Å². The van der Waals surface area contributed by atoms with Gasteiger partial charge in [0.15, 0.2) is 0 Å².